The van der Waals surface area contributed by atoms with Gasteiger partial charge in [0.25, 0.3) is 0 Å². The van der Waals surface area contributed by atoms with Gasteiger partial charge in [0.15, 0.2) is 0 Å². The topological polar surface area (TPSA) is 59.1 Å². The molecule has 0 saturated carbocycles. The standard InChI is InChI=1S/C13H21F3N4O/c1-12(2,5-6-21-4)8-18-10-7-9(17-3)19-11(20-10)13(14,15)16/h7H,5-6,8H2,1-4H3,(H2,17,18,19,20). The van der Waals surface area contributed by atoms with Crippen molar-refractivity contribution in [2.75, 3.05) is 37.9 Å². The van der Waals surface area contributed by atoms with Crippen LogP contribution in [0.1, 0.15) is 26.1 Å². The quantitative estimate of drug-likeness (QED) is 0.811. The maximum Gasteiger partial charge on any atom is 0.451 e. The van der Waals surface area contributed by atoms with Gasteiger partial charge in [-0.15, -0.1) is 0 Å². The summed E-state index contributed by atoms with van der Waals surface area (Å²) in [6.07, 6.45) is -3.79. The summed E-state index contributed by atoms with van der Waals surface area (Å²) in [5.74, 6) is -0.895. The molecule has 2 N–H and O–H groups in total. The Balaban J connectivity index is 2.83. The predicted molar refractivity (Wildman–Crippen MR) is 75.3 cm³/mol. The number of rotatable bonds is 7. The van der Waals surface area contributed by atoms with Gasteiger partial charge < -0.3 is 15.4 Å². The van der Waals surface area contributed by atoms with Crippen LogP contribution in [0.3, 0.4) is 0 Å². The Morgan fingerprint density at radius 1 is 1.19 bits per heavy atom. The Bertz CT molecular complexity index is 463. The number of aromatic nitrogens is 2. The van der Waals surface area contributed by atoms with Crippen LogP contribution in [0, 0.1) is 5.41 Å². The summed E-state index contributed by atoms with van der Waals surface area (Å²) >= 11 is 0. The SMILES string of the molecule is CNc1cc(NCC(C)(C)CCOC)nc(C(F)(F)F)n1. The van der Waals surface area contributed by atoms with Gasteiger partial charge in [-0.2, -0.15) is 13.2 Å². The number of ether oxygens (including phenoxy) is 1. The van der Waals surface area contributed by atoms with E-state index in [1.807, 2.05) is 13.8 Å². The van der Waals surface area contributed by atoms with Crippen LogP contribution in [0.15, 0.2) is 6.07 Å². The molecule has 0 saturated heterocycles. The molecule has 0 amide bonds. The molecular weight excluding hydrogens is 285 g/mol. The Hall–Kier alpha value is -1.57. The average molecular weight is 306 g/mol. The van der Waals surface area contributed by atoms with Crippen molar-refractivity contribution >= 4 is 11.6 Å². The van der Waals surface area contributed by atoms with Crippen molar-refractivity contribution in [1.29, 1.82) is 0 Å². The minimum Gasteiger partial charge on any atom is -0.385 e. The molecular formula is C13H21F3N4O. The first-order valence-electron chi connectivity index (χ1n) is 6.55. The lowest BCUT2D eigenvalue weighted by atomic mass is 9.90. The van der Waals surface area contributed by atoms with Gasteiger partial charge in [-0.1, -0.05) is 13.8 Å². The molecule has 1 aromatic heterocycles. The molecule has 5 nitrogen and oxygen atoms in total. The summed E-state index contributed by atoms with van der Waals surface area (Å²) in [7, 11) is 3.12. The van der Waals surface area contributed by atoms with E-state index in [-0.39, 0.29) is 17.1 Å². The van der Waals surface area contributed by atoms with Crippen LogP contribution in [0.2, 0.25) is 0 Å². The zero-order valence-electron chi connectivity index (χ0n) is 12.6. The highest BCUT2D eigenvalue weighted by Gasteiger charge is 2.35. The van der Waals surface area contributed by atoms with Crippen LogP contribution in [0.4, 0.5) is 24.8 Å². The molecule has 0 aliphatic rings. The smallest absolute Gasteiger partial charge is 0.385 e. The lowest BCUT2D eigenvalue weighted by Crippen LogP contribution is -2.25. The third-order valence-electron chi connectivity index (χ3n) is 2.97. The summed E-state index contributed by atoms with van der Waals surface area (Å²) < 4.78 is 43.2. The van der Waals surface area contributed by atoms with E-state index < -0.39 is 12.0 Å². The van der Waals surface area contributed by atoms with Crippen LogP contribution < -0.4 is 10.6 Å². The highest BCUT2D eigenvalue weighted by atomic mass is 19.4. The van der Waals surface area contributed by atoms with E-state index in [9.17, 15) is 13.2 Å². The van der Waals surface area contributed by atoms with E-state index in [0.717, 1.165) is 6.42 Å². The van der Waals surface area contributed by atoms with E-state index in [4.69, 9.17) is 4.74 Å². The Morgan fingerprint density at radius 3 is 2.33 bits per heavy atom. The van der Waals surface area contributed by atoms with Crippen LogP contribution in [0.5, 0.6) is 0 Å². The van der Waals surface area contributed by atoms with Gasteiger partial charge in [0.1, 0.15) is 11.6 Å². The van der Waals surface area contributed by atoms with E-state index in [2.05, 4.69) is 20.6 Å². The predicted octanol–water partition coefficient (Wildman–Crippen LogP) is 3.01. The van der Waals surface area contributed by atoms with Gasteiger partial charge in [-0.05, 0) is 11.8 Å². The molecule has 1 heterocycles. The fraction of sp³-hybridized carbons (Fsp3) is 0.692. The lowest BCUT2D eigenvalue weighted by Gasteiger charge is -2.25. The normalized spacial score (nSPS) is 12.3. The molecule has 0 atom stereocenters. The zero-order valence-corrected chi connectivity index (χ0v) is 12.6. The van der Waals surface area contributed by atoms with Crippen LogP contribution in [0.25, 0.3) is 0 Å². The number of nitrogens with one attached hydrogen (secondary N) is 2. The monoisotopic (exact) mass is 306 g/mol. The summed E-state index contributed by atoms with van der Waals surface area (Å²) in [6, 6.07) is 1.45. The molecule has 120 valence electrons. The second kappa shape index (κ2) is 6.93. The Labute approximate surface area is 122 Å². The van der Waals surface area contributed by atoms with E-state index in [1.165, 1.54) is 13.1 Å². The third-order valence-corrected chi connectivity index (χ3v) is 2.97. The molecule has 8 heteroatoms. The van der Waals surface area contributed by atoms with Gasteiger partial charge in [-0.3, -0.25) is 0 Å². The van der Waals surface area contributed by atoms with Gasteiger partial charge in [-0.25, -0.2) is 9.97 Å². The number of anilines is 2. The summed E-state index contributed by atoms with van der Waals surface area (Å²) in [5.41, 5.74) is -0.126. The van der Waals surface area contributed by atoms with Crippen molar-refractivity contribution in [2.24, 2.45) is 5.41 Å². The van der Waals surface area contributed by atoms with Gasteiger partial charge >= 0.3 is 6.18 Å². The molecule has 21 heavy (non-hydrogen) atoms. The highest BCUT2D eigenvalue weighted by Crippen LogP contribution is 2.29. The van der Waals surface area contributed by atoms with Crippen molar-refractivity contribution in [3.05, 3.63) is 11.9 Å². The van der Waals surface area contributed by atoms with Crippen molar-refractivity contribution in [1.82, 2.24) is 9.97 Å². The van der Waals surface area contributed by atoms with Gasteiger partial charge in [0, 0.05) is 33.4 Å². The molecule has 1 aromatic rings. The minimum atomic E-state index is -4.57. The first-order valence-corrected chi connectivity index (χ1v) is 6.55. The average Bonchev–Trinajstić information content (AvgIpc) is 2.42. The molecule has 0 aromatic carbocycles. The van der Waals surface area contributed by atoms with Crippen molar-refractivity contribution in [3.8, 4) is 0 Å². The van der Waals surface area contributed by atoms with Crippen LogP contribution in [-0.2, 0) is 10.9 Å². The van der Waals surface area contributed by atoms with E-state index in [0.29, 0.717) is 13.2 Å². The van der Waals surface area contributed by atoms with Crippen molar-refractivity contribution in [2.45, 2.75) is 26.4 Å². The Kier molecular flexibility index (Phi) is 5.77. The van der Waals surface area contributed by atoms with Crippen LogP contribution >= 0.6 is 0 Å². The molecule has 0 aliphatic carbocycles. The molecule has 0 radical (unpaired) electrons. The maximum absolute atomic E-state index is 12.7. The largest absolute Gasteiger partial charge is 0.451 e. The minimum absolute atomic E-state index is 0.120. The second-order valence-electron chi connectivity index (χ2n) is 5.47. The number of alkyl halides is 3. The van der Waals surface area contributed by atoms with Crippen molar-refractivity contribution < 1.29 is 17.9 Å². The van der Waals surface area contributed by atoms with Crippen molar-refractivity contribution in [3.63, 3.8) is 0 Å². The molecule has 0 bridgehead atoms. The van der Waals surface area contributed by atoms with Crippen LogP contribution in [-0.4, -0.2) is 37.3 Å². The fourth-order valence-corrected chi connectivity index (χ4v) is 1.59. The molecule has 0 unspecified atom stereocenters. The molecule has 1 rings (SSSR count). The lowest BCUT2D eigenvalue weighted by molar-refractivity contribution is -0.144. The Morgan fingerprint density at radius 2 is 1.81 bits per heavy atom. The number of halogens is 3. The van der Waals surface area contributed by atoms with E-state index in [1.54, 1.807) is 7.11 Å². The summed E-state index contributed by atoms with van der Waals surface area (Å²) in [5, 5.41) is 5.53. The number of nitrogens with zero attached hydrogens (tertiary/aromatic N) is 2. The molecule has 0 fully saturated rings. The summed E-state index contributed by atoms with van der Waals surface area (Å²) in [6.45, 7) is 5.08. The number of methoxy groups -OCH3 is 1. The zero-order chi connectivity index (χ0) is 16.1. The maximum atomic E-state index is 12.7. The first-order chi connectivity index (χ1) is 9.68. The fourth-order valence-electron chi connectivity index (χ4n) is 1.59. The van der Waals surface area contributed by atoms with E-state index >= 15 is 0 Å². The van der Waals surface area contributed by atoms with Gasteiger partial charge in [0.05, 0.1) is 0 Å². The number of hydrogen-bond acceptors (Lipinski definition) is 5. The highest BCUT2D eigenvalue weighted by molar-refractivity contribution is 5.47. The third kappa shape index (κ3) is 5.74. The molecule has 0 spiro atoms. The summed E-state index contributed by atoms with van der Waals surface area (Å²) in [4.78, 5) is 6.93. The first kappa shape index (κ1) is 17.5. The van der Waals surface area contributed by atoms with Gasteiger partial charge in [0.2, 0.25) is 5.82 Å². The second-order valence-corrected chi connectivity index (χ2v) is 5.47. The number of hydrogen-bond donors (Lipinski definition) is 2. The molecule has 0 aliphatic heterocycles.